The molecule has 8 rings (SSSR count). The minimum atomic E-state index is -1.23. The number of fused-ring (bicyclic) bond motifs is 4. The first kappa shape index (κ1) is 36.8. The van der Waals surface area contributed by atoms with Crippen molar-refractivity contribution in [3.8, 4) is 34.1 Å². The monoisotopic (exact) mass is 780 g/mol. The lowest BCUT2D eigenvalue weighted by Crippen LogP contribution is -2.15. The number of phenols is 1. The maximum atomic E-state index is 13.9. The number of nitrogens with one attached hydrogen (secondary N) is 2. The van der Waals surface area contributed by atoms with Crippen molar-refractivity contribution < 1.29 is 33.7 Å². The van der Waals surface area contributed by atoms with Crippen LogP contribution in [0.4, 0.5) is 11.4 Å². The number of para-hydroxylation sites is 2. The summed E-state index contributed by atoms with van der Waals surface area (Å²) in [5.74, 6) is -1.69. The molecule has 6 aromatic rings. The summed E-state index contributed by atoms with van der Waals surface area (Å²) in [6.45, 7) is 1.85. The minimum absolute atomic E-state index is 0.0146. The number of aromatic hydroxyl groups is 1. The van der Waals surface area contributed by atoms with Gasteiger partial charge in [0.05, 0.1) is 63.9 Å². The number of anilines is 2. The third-order valence-corrected chi connectivity index (χ3v) is 10.2. The highest BCUT2D eigenvalue weighted by molar-refractivity contribution is 6.33. The second-order valence-electron chi connectivity index (χ2n) is 13.3. The van der Waals surface area contributed by atoms with E-state index in [9.17, 15) is 24.6 Å². The molecular formula is C44H33ClN4O8. The van der Waals surface area contributed by atoms with Crippen LogP contribution >= 0.6 is 11.6 Å². The Morgan fingerprint density at radius 2 is 1.49 bits per heavy atom. The summed E-state index contributed by atoms with van der Waals surface area (Å²) in [7, 11) is 2.75. The number of aromatic nitrogens is 2. The van der Waals surface area contributed by atoms with Gasteiger partial charge in [0.15, 0.2) is 5.43 Å². The molecule has 0 amide bonds. The lowest BCUT2D eigenvalue weighted by molar-refractivity contribution is 0.0599. The molecule has 57 heavy (non-hydrogen) atoms. The predicted molar refractivity (Wildman–Crippen MR) is 219 cm³/mol. The van der Waals surface area contributed by atoms with Gasteiger partial charge in [0, 0.05) is 52.1 Å². The van der Waals surface area contributed by atoms with Gasteiger partial charge >= 0.3 is 11.9 Å². The summed E-state index contributed by atoms with van der Waals surface area (Å²) in [5.41, 5.74) is 4.51. The number of aromatic carboxylic acids is 1. The van der Waals surface area contributed by atoms with Gasteiger partial charge in [-0.3, -0.25) is 9.78 Å². The van der Waals surface area contributed by atoms with Crippen molar-refractivity contribution in [1.82, 2.24) is 9.97 Å². The highest BCUT2D eigenvalue weighted by atomic mass is 35.5. The molecule has 0 spiro atoms. The predicted octanol–water partition coefficient (Wildman–Crippen LogP) is 9.05. The zero-order valence-corrected chi connectivity index (χ0v) is 31.5. The van der Waals surface area contributed by atoms with Crippen LogP contribution in [-0.4, -0.2) is 46.3 Å². The Balaban J connectivity index is 1.38. The van der Waals surface area contributed by atoms with E-state index < -0.39 is 11.9 Å². The van der Waals surface area contributed by atoms with Crippen LogP contribution < -0.4 is 20.8 Å². The molecule has 4 aromatic carbocycles. The van der Waals surface area contributed by atoms with Crippen LogP contribution in [0.2, 0.25) is 5.02 Å². The van der Waals surface area contributed by atoms with E-state index in [1.54, 1.807) is 12.1 Å². The Bertz CT molecular complexity index is 2960. The first-order valence-electron chi connectivity index (χ1n) is 17.7. The fraction of sp³-hybridized carbons (Fsp3) is 0.114. The lowest BCUT2D eigenvalue weighted by atomic mass is 9.87. The van der Waals surface area contributed by atoms with E-state index in [1.165, 1.54) is 44.6 Å². The average molecular weight is 781 g/mol. The number of esters is 1. The van der Waals surface area contributed by atoms with E-state index in [1.807, 2.05) is 61.5 Å². The number of nitrogens with zero attached hydrogens (tertiary/aromatic N) is 2. The normalized spacial score (nSPS) is 11.3. The minimum Gasteiger partial charge on any atom is -0.506 e. The molecule has 12 nitrogen and oxygen atoms in total. The number of pyridine rings is 2. The smallest absolute Gasteiger partial charge is 0.338 e. The van der Waals surface area contributed by atoms with E-state index in [-0.39, 0.29) is 68.5 Å². The molecule has 284 valence electrons. The maximum Gasteiger partial charge on any atom is 0.338 e. The Morgan fingerprint density at radius 1 is 0.807 bits per heavy atom. The van der Waals surface area contributed by atoms with Crippen LogP contribution in [0.3, 0.4) is 0 Å². The number of halogens is 1. The summed E-state index contributed by atoms with van der Waals surface area (Å²) < 4.78 is 17.2. The number of carbonyl (C=O) groups is 2. The van der Waals surface area contributed by atoms with Gasteiger partial charge in [-0.05, 0) is 73.2 Å². The van der Waals surface area contributed by atoms with Gasteiger partial charge in [0.25, 0.3) is 0 Å². The van der Waals surface area contributed by atoms with Gasteiger partial charge in [-0.2, -0.15) is 0 Å². The third-order valence-electron chi connectivity index (χ3n) is 9.88. The molecule has 0 radical (unpaired) electrons. The molecule has 0 saturated carbocycles. The Morgan fingerprint density at radius 3 is 2.18 bits per heavy atom. The number of methoxy groups -OCH3 is 2. The van der Waals surface area contributed by atoms with Crippen molar-refractivity contribution in [2.75, 3.05) is 24.9 Å². The molecule has 13 heteroatoms. The second-order valence-corrected chi connectivity index (χ2v) is 13.7. The van der Waals surface area contributed by atoms with Gasteiger partial charge in [-0.25, -0.2) is 14.6 Å². The van der Waals surface area contributed by atoms with Crippen LogP contribution in [0.5, 0.6) is 11.6 Å². The second kappa shape index (κ2) is 14.8. The molecule has 0 fully saturated rings. The molecule has 0 atom stereocenters. The molecule has 0 unspecified atom stereocenters. The van der Waals surface area contributed by atoms with Crippen LogP contribution in [0.25, 0.3) is 55.2 Å². The number of phenolic OH excluding ortho intramolecular Hbond substituents is 1. The van der Waals surface area contributed by atoms with Gasteiger partial charge in [-0.15, -0.1) is 0 Å². The fourth-order valence-electron chi connectivity index (χ4n) is 7.08. The molecule has 0 bridgehead atoms. The van der Waals surface area contributed by atoms with Crippen LogP contribution in [0.1, 0.15) is 37.5 Å². The molecule has 2 aliphatic rings. The highest BCUT2D eigenvalue weighted by Gasteiger charge is 2.29. The Kier molecular flexibility index (Phi) is 9.56. The SMILES string of the molecule is COC(=O)c1ccc(C(=O)O)cc1-c1c2ccc(=O)c(CNc3cccc4ccc(OC)nc34)c-2oc2c(CNc3cccc4ccc(C)nc34)c(O)c(Cl)cc12. The van der Waals surface area contributed by atoms with E-state index >= 15 is 0 Å². The summed E-state index contributed by atoms with van der Waals surface area (Å²) >= 11 is 6.76. The first-order chi connectivity index (χ1) is 27.6. The summed E-state index contributed by atoms with van der Waals surface area (Å²) in [5, 5.41) is 30.4. The molecule has 1 aliphatic heterocycles. The maximum absolute atomic E-state index is 13.9. The number of carboxylic acid groups (broad SMARTS) is 1. The third kappa shape index (κ3) is 6.65. The number of aryl methyl sites for hydroxylation is 1. The van der Waals surface area contributed by atoms with Crippen molar-refractivity contribution in [2.24, 2.45) is 0 Å². The van der Waals surface area contributed by atoms with E-state index in [0.717, 1.165) is 16.5 Å². The number of carboxylic acids is 1. The molecule has 3 heterocycles. The standard InChI is InChI=1S/C44H33ClN4O8/c1-22-10-11-23-6-4-8-33(38(23)48-22)47-21-31-40(51)32(45)19-29-37(28-18-25(43(52)53)12-14-26(28)44(54)56-3)27-15-16-35(50)30(41(27)57-42(29)31)20-46-34-9-5-7-24-13-17-36(55-2)49-39(24)34/h4-19,46-47,51H,20-21H2,1-3H3,(H,52,53). The zero-order chi connectivity index (χ0) is 40.0. The van der Waals surface area contributed by atoms with Crippen molar-refractivity contribution in [2.45, 2.75) is 20.0 Å². The lowest BCUT2D eigenvalue weighted by Gasteiger charge is -2.22. The first-order valence-corrected chi connectivity index (χ1v) is 18.1. The number of hydrogen-bond donors (Lipinski definition) is 4. The molecule has 4 N–H and O–H groups in total. The molecule has 0 saturated heterocycles. The van der Waals surface area contributed by atoms with E-state index in [2.05, 4.69) is 15.6 Å². The van der Waals surface area contributed by atoms with Crippen molar-refractivity contribution >= 4 is 67.7 Å². The molecule has 2 aromatic heterocycles. The fourth-order valence-corrected chi connectivity index (χ4v) is 7.30. The quantitative estimate of drug-likeness (QED) is 0.0767. The molecule has 1 aliphatic carbocycles. The summed E-state index contributed by atoms with van der Waals surface area (Å²) in [4.78, 5) is 48.8. The van der Waals surface area contributed by atoms with Crippen LogP contribution in [0, 0.1) is 6.92 Å². The van der Waals surface area contributed by atoms with Gasteiger partial charge in [0.2, 0.25) is 5.88 Å². The zero-order valence-electron chi connectivity index (χ0n) is 30.8. The van der Waals surface area contributed by atoms with E-state index in [4.69, 9.17) is 30.5 Å². The number of ether oxygens (including phenoxy) is 2. The van der Waals surface area contributed by atoms with Crippen molar-refractivity contribution in [1.29, 1.82) is 0 Å². The number of hydrogen-bond acceptors (Lipinski definition) is 11. The molecular weight excluding hydrogens is 748 g/mol. The average Bonchev–Trinajstić information content (AvgIpc) is 3.22. The number of rotatable bonds is 10. The summed E-state index contributed by atoms with van der Waals surface area (Å²) in [6, 6.07) is 27.3. The van der Waals surface area contributed by atoms with Gasteiger partial charge < -0.3 is 34.7 Å². The highest BCUT2D eigenvalue weighted by Crippen LogP contribution is 2.47. The van der Waals surface area contributed by atoms with Crippen molar-refractivity contribution in [3.63, 3.8) is 0 Å². The van der Waals surface area contributed by atoms with Crippen molar-refractivity contribution in [3.05, 3.63) is 140 Å². The number of carbonyl (C=O) groups excluding carboxylic acids is 1. The van der Waals surface area contributed by atoms with Crippen LogP contribution in [-0.2, 0) is 17.8 Å². The van der Waals surface area contributed by atoms with E-state index in [0.29, 0.717) is 44.8 Å². The largest absolute Gasteiger partial charge is 0.506 e. The van der Waals surface area contributed by atoms with Gasteiger partial charge in [0.1, 0.15) is 17.1 Å². The Labute approximate surface area is 329 Å². The van der Waals surface area contributed by atoms with Crippen LogP contribution in [0.15, 0.2) is 106 Å². The topological polar surface area (TPSA) is 173 Å². The van der Waals surface area contributed by atoms with Gasteiger partial charge in [-0.1, -0.05) is 41.9 Å². The summed E-state index contributed by atoms with van der Waals surface area (Å²) in [6.07, 6.45) is 0. The number of benzene rings is 5. The Hall–Kier alpha value is -7.18.